The Hall–Kier alpha value is -2.60. The maximum absolute atomic E-state index is 11.9. The molecule has 0 unspecified atom stereocenters. The lowest BCUT2D eigenvalue weighted by Crippen LogP contribution is -2.35. The Bertz CT molecular complexity index is 769. The fraction of sp³-hybridized carbons (Fsp3) is 0.188. The summed E-state index contributed by atoms with van der Waals surface area (Å²) in [6.45, 7) is 0.533. The van der Waals surface area contributed by atoms with E-state index >= 15 is 0 Å². The number of nitrogens with zero attached hydrogens (tertiary/aromatic N) is 1. The van der Waals surface area contributed by atoms with E-state index in [4.69, 9.17) is 11.6 Å². The highest BCUT2D eigenvalue weighted by Gasteiger charge is 2.07. The first kappa shape index (κ1) is 16.8. The highest BCUT2D eigenvalue weighted by molar-refractivity contribution is 6.30. The SMILES string of the molecule is Cn1ccc(C(=O)NCCNC(=O)c2ccc(Cl)cc2)cc1=O. The van der Waals surface area contributed by atoms with Gasteiger partial charge < -0.3 is 15.2 Å². The molecule has 1 aromatic carbocycles. The number of pyridine rings is 1. The van der Waals surface area contributed by atoms with E-state index in [2.05, 4.69) is 10.6 Å². The van der Waals surface area contributed by atoms with Gasteiger partial charge in [-0.3, -0.25) is 14.4 Å². The zero-order valence-corrected chi connectivity index (χ0v) is 13.3. The van der Waals surface area contributed by atoms with Crippen molar-refractivity contribution in [3.05, 3.63) is 69.1 Å². The molecule has 2 rings (SSSR count). The molecule has 0 radical (unpaired) electrons. The standard InChI is InChI=1S/C16H16ClN3O3/c1-20-9-6-12(10-14(20)21)16(23)19-8-7-18-15(22)11-2-4-13(17)5-3-11/h2-6,9-10H,7-8H2,1H3,(H,18,22)(H,19,23). The Morgan fingerprint density at radius 3 is 2.13 bits per heavy atom. The first-order chi connectivity index (χ1) is 11.0. The lowest BCUT2D eigenvalue weighted by atomic mass is 10.2. The summed E-state index contributed by atoms with van der Waals surface area (Å²) >= 11 is 5.75. The molecule has 7 heteroatoms. The molecule has 23 heavy (non-hydrogen) atoms. The molecule has 6 nitrogen and oxygen atoms in total. The smallest absolute Gasteiger partial charge is 0.251 e. The summed E-state index contributed by atoms with van der Waals surface area (Å²) in [6.07, 6.45) is 1.53. The number of halogens is 1. The van der Waals surface area contributed by atoms with Crippen LogP contribution in [0.2, 0.25) is 5.02 Å². The van der Waals surface area contributed by atoms with Gasteiger partial charge in [-0.05, 0) is 30.3 Å². The molecule has 2 aromatic rings. The Balaban J connectivity index is 1.79. The molecule has 2 amide bonds. The summed E-state index contributed by atoms with van der Waals surface area (Å²) in [6, 6.07) is 9.33. The number of hydrogen-bond donors (Lipinski definition) is 2. The Kier molecular flexibility index (Phi) is 5.54. The van der Waals surface area contributed by atoms with Crippen LogP contribution >= 0.6 is 11.6 Å². The van der Waals surface area contributed by atoms with Gasteiger partial charge in [0.25, 0.3) is 17.4 Å². The number of carbonyl (C=O) groups excluding carboxylic acids is 2. The molecule has 0 atom stereocenters. The molecule has 0 spiro atoms. The van der Waals surface area contributed by atoms with Crippen LogP contribution in [0.15, 0.2) is 47.4 Å². The fourth-order valence-corrected chi connectivity index (χ4v) is 1.97. The van der Waals surface area contributed by atoms with E-state index in [1.807, 2.05) is 0 Å². The van der Waals surface area contributed by atoms with Gasteiger partial charge in [0.15, 0.2) is 0 Å². The van der Waals surface area contributed by atoms with Crippen LogP contribution in [-0.4, -0.2) is 29.5 Å². The maximum atomic E-state index is 11.9. The summed E-state index contributed by atoms with van der Waals surface area (Å²) in [7, 11) is 1.61. The minimum absolute atomic E-state index is 0.246. The lowest BCUT2D eigenvalue weighted by molar-refractivity contribution is 0.0927. The van der Waals surface area contributed by atoms with Crippen LogP contribution in [0.5, 0.6) is 0 Å². The molecular formula is C16H16ClN3O3. The summed E-state index contributed by atoms with van der Waals surface area (Å²) in [5.74, 6) is -0.604. The molecule has 0 saturated carbocycles. The van der Waals surface area contributed by atoms with Gasteiger partial charge in [0, 0.05) is 48.5 Å². The van der Waals surface area contributed by atoms with Gasteiger partial charge >= 0.3 is 0 Å². The van der Waals surface area contributed by atoms with Gasteiger partial charge in [0.1, 0.15) is 0 Å². The summed E-state index contributed by atoms with van der Waals surface area (Å²) < 4.78 is 1.38. The number of carbonyl (C=O) groups is 2. The predicted molar refractivity (Wildman–Crippen MR) is 87.8 cm³/mol. The fourth-order valence-electron chi connectivity index (χ4n) is 1.85. The van der Waals surface area contributed by atoms with Crippen molar-refractivity contribution in [2.24, 2.45) is 7.05 Å². The minimum atomic E-state index is -0.358. The number of amides is 2. The Morgan fingerprint density at radius 1 is 1.00 bits per heavy atom. The van der Waals surface area contributed by atoms with Crippen molar-refractivity contribution < 1.29 is 9.59 Å². The van der Waals surface area contributed by atoms with E-state index in [1.54, 1.807) is 37.4 Å². The highest BCUT2D eigenvalue weighted by Crippen LogP contribution is 2.09. The zero-order chi connectivity index (χ0) is 16.8. The molecule has 0 aliphatic rings. The largest absolute Gasteiger partial charge is 0.350 e. The number of benzene rings is 1. The zero-order valence-electron chi connectivity index (χ0n) is 12.5. The second kappa shape index (κ2) is 7.60. The third kappa shape index (κ3) is 4.69. The van der Waals surface area contributed by atoms with Crippen LogP contribution in [0.3, 0.4) is 0 Å². The lowest BCUT2D eigenvalue weighted by Gasteiger charge is -2.07. The van der Waals surface area contributed by atoms with Gasteiger partial charge in [-0.1, -0.05) is 11.6 Å². The molecule has 0 saturated heterocycles. The van der Waals surface area contributed by atoms with E-state index < -0.39 is 0 Å². The summed E-state index contributed by atoms with van der Waals surface area (Å²) in [5.41, 5.74) is 0.526. The maximum Gasteiger partial charge on any atom is 0.251 e. The average Bonchev–Trinajstić information content (AvgIpc) is 2.54. The summed E-state index contributed by atoms with van der Waals surface area (Å²) in [4.78, 5) is 35.2. The Labute approximate surface area is 138 Å². The van der Waals surface area contributed by atoms with Crippen molar-refractivity contribution >= 4 is 23.4 Å². The normalized spacial score (nSPS) is 10.2. The Morgan fingerprint density at radius 2 is 1.57 bits per heavy atom. The molecule has 0 fully saturated rings. The molecule has 1 heterocycles. The number of rotatable bonds is 5. The van der Waals surface area contributed by atoms with E-state index in [9.17, 15) is 14.4 Å². The van der Waals surface area contributed by atoms with Crippen molar-refractivity contribution in [3.63, 3.8) is 0 Å². The highest BCUT2D eigenvalue weighted by atomic mass is 35.5. The predicted octanol–water partition coefficient (Wildman–Crippen LogP) is 1.20. The number of hydrogen-bond acceptors (Lipinski definition) is 3. The monoisotopic (exact) mass is 333 g/mol. The molecule has 120 valence electrons. The van der Waals surface area contributed by atoms with Crippen molar-refractivity contribution in [1.29, 1.82) is 0 Å². The molecule has 0 bridgehead atoms. The van der Waals surface area contributed by atoms with Crippen LogP contribution in [0.25, 0.3) is 0 Å². The van der Waals surface area contributed by atoms with E-state index in [1.165, 1.54) is 16.8 Å². The van der Waals surface area contributed by atoms with E-state index in [-0.39, 0.29) is 36.0 Å². The molecule has 1 aromatic heterocycles. The van der Waals surface area contributed by atoms with Crippen LogP contribution < -0.4 is 16.2 Å². The number of aryl methyl sites for hydroxylation is 1. The van der Waals surface area contributed by atoms with Gasteiger partial charge in [0.2, 0.25) is 0 Å². The van der Waals surface area contributed by atoms with Gasteiger partial charge in [-0.25, -0.2) is 0 Å². The van der Waals surface area contributed by atoms with Crippen LogP contribution in [0, 0.1) is 0 Å². The quantitative estimate of drug-likeness (QED) is 0.807. The van der Waals surface area contributed by atoms with Crippen molar-refractivity contribution in [3.8, 4) is 0 Å². The van der Waals surface area contributed by atoms with Crippen LogP contribution in [-0.2, 0) is 7.05 Å². The average molecular weight is 334 g/mol. The summed E-state index contributed by atoms with van der Waals surface area (Å²) in [5, 5.41) is 5.88. The molecule has 2 N–H and O–H groups in total. The second-order valence-electron chi connectivity index (χ2n) is 4.88. The number of nitrogens with one attached hydrogen (secondary N) is 2. The van der Waals surface area contributed by atoms with Crippen molar-refractivity contribution in [1.82, 2.24) is 15.2 Å². The molecule has 0 aliphatic carbocycles. The third-order valence-corrected chi connectivity index (χ3v) is 3.42. The van der Waals surface area contributed by atoms with Gasteiger partial charge in [-0.15, -0.1) is 0 Å². The van der Waals surface area contributed by atoms with Gasteiger partial charge in [-0.2, -0.15) is 0 Å². The molecular weight excluding hydrogens is 318 g/mol. The molecule has 0 aliphatic heterocycles. The number of aromatic nitrogens is 1. The second-order valence-corrected chi connectivity index (χ2v) is 5.32. The van der Waals surface area contributed by atoms with E-state index in [0.29, 0.717) is 10.6 Å². The first-order valence-electron chi connectivity index (χ1n) is 6.96. The van der Waals surface area contributed by atoms with E-state index in [0.717, 1.165) is 0 Å². The third-order valence-electron chi connectivity index (χ3n) is 3.17. The van der Waals surface area contributed by atoms with Crippen molar-refractivity contribution in [2.45, 2.75) is 0 Å². The van der Waals surface area contributed by atoms with Crippen LogP contribution in [0.4, 0.5) is 0 Å². The van der Waals surface area contributed by atoms with Gasteiger partial charge in [0.05, 0.1) is 0 Å². The van der Waals surface area contributed by atoms with Crippen molar-refractivity contribution in [2.75, 3.05) is 13.1 Å². The topological polar surface area (TPSA) is 80.2 Å². The first-order valence-corrected chi connectivity index (χ1v) is 7.34. The van der Waals surface area contributed by atoms with Crippen LogP contribution in [0.1, 0.15) is 20.7 Å². The minimum Gasteiger partial charge on any atom is -0.350 e.